The highest BCUT2D eigenvalue weighted by Crippen LogP contribution is 2.31. The van der Waals surface area contributed by atoms with Crippen LogP contribution in [-0.2, 0) is 10.9 Å². The van der Waals surface area contributed by atoms with Crippen LogP contribution in [-0.4, -0.2) is 19.7 Å². The highest BCUT2D eigenvalue weighted by Gasteiger charge is 2.31. The summed E-state index contributed by atoms with van der Waals surface area (Å²) in [5.41, 5.74) is -0.282. The lowest BCUT2D eigenvalue weighted by atomic mass is 10.1. The molecule has 0 aliphatic rings. The van der Waals surface area contributed by atoms with E-state index in [4.69, 9.17) is 10.00 Å². The van der Waals surface area contributed by atoms with Crippen molar-refractivity contribution in [1.82, 2.24) is 5.32 Å². The van der Waals surface area contributed by atoms with Crippen molar-refractivity contribution in [3.05, 3.63) is 35.4 Å². The van der Waals surface area contributed by atoms with Crippen LogP contribution in [0.5, 0.6) is 0 Å². The Labute approximate surface area is 122 Å². The summed E-state index contributed by atoms with van der Waals surface area (Å²) < 4.78 is 43.0. The van der Waals surface area contributed by atoms with E-state index in [1.165, 1.54) is 13.2 Å². The summed E-state index contributed by atoms with van der Waals surface area (Å²) in [6.07, 6.45) is -4.90. The number of nitrogens with zero attached hydrogens (tertiary/aromatic N) is 1. The van der Waals surface area contributed by atoms with Crippen LogP contribution >= 0.6 is 12.4 Å². The monoisotopic (exact) mass is 308 g/mol. The zero-order chi connectivity index (χ0) is 14.5. The summed E-state index contributed by atoms with van der Waals surface area (Å²) in [5.74, 6) is 0. The summed E-state index contributed by atoms with van der Waals surface area (Å²) >= 11 is 0. The van der Waals surface area contributed by atoms with Gasteiger partial charge in [-0.1, -0.05) is 12.1 Å². The van der Waals surface area contributed by atoms with Crippen LogP contribution in [0.25, 0.3) is 0 Å². The molecule has 0 bridgehead atoms. The van der Waals surface area contributed by atoms with Gasteiger partial charge < -0.3 is 4.74 Å². The number of ether oxygens (including phenoxy) is 1. The van der Waals surface area contributed by atoms with Gasteiger partial charge in [-0.25, -0.2) is 0 Å². The van der Waals surface area contributed by atoms with Crippen LogP contribution in [0.15, 0.2) is 24.3 Å². The van der Waals surface area contributed by atoms with Crippen molar-refractivity contribution in [2.75, 3.05) is 13.7 Å². The third-order valence-corrected chi connectivity index (χ3v) is 2.67. The molecule has 0 heterocycles. The molecule has 0 fully saturated rings. The maximum absolute atomic E-state index is 12.6. The minimum absolute atomic E-state index is 0. The second-order valence-electron chi connectivity index (χ2n) is 4.11. The average molecular weight is 309 g/mol. The van der Waals surface area contributed by atoms with Gasteiger partial charge in [-0.05, 0) is 24.6 Å². The van der Waals surface area contributed by atoms with Crippen molar-refractivity contribution in [2.24, 2.45) is 0 Å². The largest absolute Gasteiger partial charge is 0.416 e. The summed E-state index contributed by atoms with van der Waals surface area (Å²) in [4.78, 5) is 0. The van der Waals surface area contributed by atoms with Crippen LogP contribution in [0.2, 0.25) is 0 Å². The molecule has 1 aromatic carbocycles. The third kappa shape index (κ3) is 5.37. The van der Waals surface area contributed by atoms with E-state index in [0.29, 0.717) is 5.56 Å². The molecule has 2 unspecified atom stereocenters. The average Bonchev–Trinajstić information content (AvgIpc) is 2.38. The first-order chi connectivity index (χ1) is 8.88. The van der Waals surface area contributed by atoms with Gasteiger partial charge in [0.1, 0.15) is 0 Å². The van der Waals surface area contributed by atoms with E-state index in [2.05, 4.69) is 5.32 Å². The predicted octanol–water partition coefficient (Wildman–Crippen LogP) is 3.32. The Kier molecular flexibility index (Phi) is 7.58. The molecule has 2 atom stereocenters. The van der Waals surface area contributed by atoms with E-state index in [0.717, 1.165) is 12.1 Å². The third-order valence-electron chi connectivity index (χ3n) is 2.67. The molecular formula is C13H16ClF3N2O. The Hall–Kier alpha value is -1.29. The van der Waals surface area contributed by atoms with Crippen molar-refractivity contribution in [2.45, 2.75) is 25.2 Å². The molecule has 1 rings (SSSR count). The Morgan fingerprint density at radius 3 is 2.55 bits per heavy atom. The number of methoxy groups -OCH3 is 1. The Balaban J connectivity index is 0.00000361. The number of nitriles is 1. The summed E-state index contributed by atoms with van der Waals surface area (Å²) in [5, 5.41) is 11.5. The highest BCUT2D eigenvalue weighted by atomic mass is 35.5. The van der Waals surface area contributed by atoms with Gasteiger partial charge in [0.25, 0.3) is 0 Å². The van der Waals surface area contributed by atoms with Gasteiger partial charge in [-0.3, -0.25) is 5.32 Å². The van der Waals surface area contributed by atoms with Crippen molar-refractivity contribution >= 4 is 12.4 Å². The maximum atomic E-state index is 12.6. The predicted molar refractivity (Wildman–Crippen MR) is 71.5 cm³/mol. The van der Waals surface area contributed by atoms with Crippen molar-refractivity contribution in [3.8, 4) is 6.07 Å². The van der Waals surface area contributed by atoms with Gasteiger partial charge in [0.05, 0.1) is 23.8 Å². The first kappa shape index (κ1) is 18.7. The van der Waals surface area contributed by atoms with Crippen LogP contribution < -0.4 is 5.32 Å². The molecule has 1 N–H and O–H groups in total. The lowest BCUT2D eigenvalue weighted by Crippen LogP contribution is -2.30. The van der Waals surface area contributed by atoms with Crippen LogP contribution in [0.1, 0.15) is 24.2 Å². The second-order valence-corrected chi connectivity index (χ2v) is 4.11. The van der Waals surface area contributed by atoms with Gasteiger partial charge in [-0.15, -0.1) is 12.4 Å². The number of halogens is 4. The van der Waals surface area contributed by atoms with Crippen molar-refractivity contribution in [3.63, 3.8) is 0 Å². The molecule has 20 heavy (non-hydrogen) atoms. The van der Waals surface area contributed by atoms with E-state index >= 15 is 0 Å². The number of hydrogen-bond acceptors (Lipinski definition) is 3. The summed E-state index contributed by atoms with van der Waals surface area (Å²) in [6, 6.07) is 6.59. The maximum Gasteiger partial charge on any atom is 0.416 e. The summed E-state index contributed by atoms with van der Waals surface area (Å²) in [7, 11) is 1.42. The van der Waals surface area contributed by atoms with Crippen LogP contribution in [0, 0.1) is 11.3 Å². The summed E-state index contributed by atoms with van der Waals surface area (Å²) in [6.45, 7) is 1.94. The van der Waals surface area contributed by atoms with Gasteiger partial charge in [0.2, 0.25) is 0 Å². The van der Waals surface area contributed by atoms with E-state index in [-0.39, 0.29) is 25.0 Å². The Morgan fingerprint density at radius 1 is 1.40 bits per heavy atom. The molecule has 3 nitrogen and oxygen atoms in total. The van der Waals surface area contributed by atoms with E-state index in [1.54, 1.807) is 13.0 Å². The lowest BCUT2D eigenvalue weighted by molar-refractivity contribution is -0.137. The molecule has 7 heteroatoms. The number of nitrogens with one attached hydrogen (secondary N) is 1. The second kappa shape index (κ2) is 8.10. The molecule has 0 aliphatic heterocycles. The van der Waals surface area contributed by atoms with E-state index in [1.807, 2.05) is 6.07 Å². The zero-order valence-corrected chi connectivity index (χ0v) is 11.9. The van der Waals surface area contributed by atoms with Gasteiger partial charge in [0, 0.05) is 13.7 Å². The standard InChI is InChI=1S/C13H15F3N2O.ClH/c1-9(7-17)18-8-12(19-2)10-4-3-5-11(6-10)13(14,15)16;/h3-6,9,12,18H,8H2,1-2H3;1H. The number of alkyl halides is 3. The minimum Gasteiger partial charge on any atom is -0.375 e. The molecule has 112 valence electrons. The topological polar surface area (TPSA) is 45.0 Å². The molecule has 0 radical (unpaired) electrons. The van der Waals surface area contributed by atoms with Crippen molar-refractivity contribution < 1.29 is 17.9 Å². The smallest absolute Gasteiger partial charge is 0.375 e. The first-order valence-corrected chi connectivity index (χ1v) is 5.71. The minimum atomic E-state index is -4.37. The molecule has 0 amide bonds. The fourth-order valence-electron chi connectivity index (χ4n) is 1.58. The van der Waals surface area contributed by atoms with Crippen LogP contribution in [0.3, 0.4) is 0 Å². The molecular weight excluding hydrogens is 293 g/mol. The SMILES string of the molecule is COC(CNC(C)C#N)c1cccc(C(F)(F)F)c1.Cl. The first-order valence-electron chi connectivity index (χ1n) is 5.71. The molecule has 0 spiro atoms. The Bertz CT molecular complexity index is 460. The number of benzene rings is 1. The van der Waals surface area contributed by atoms with Gasteiger partial charge in [0.15, 0.2) is 0 Å². The Morgan fingerprint density at radius 2 is 2.05 bits per heavy atom. The number of hydrogen-bond donors (Lipinski definition) is 1. The lowest BCUT2D eigenvalue weighted by Gasteiger charge is -2.18. The van der Waals surface area contributed by atoms with E-state index in [9.17, 15) is 13.2 Å². The quantitative estimate of drug-likeness (QED) is 0.907. The fourth-order valence-corrected chi connectivity index (χ4v) is 1.58. The molecule has 0 saturated carbocycles. The van der Waals surface area contributed by atoms with Gasteiger partial charge >= 0.3 is 6.18 Å². The van der Waals surface area contributed by atoms with Crippen LogP contribution in [0.4, 0.5) is 13.2 Å². The number of rotatable bonds is 5. The molecule has 0 saturated heterocycles. The zero-order valence-electron chi connectivity index (χ0n) is 11.1. The normalized spacial score (nSPS) is 14.0. The van der Waals surface area contributed by atoms with Gasteiger partial charge in [-0.2, -0.15) is 18.4 Å². The van der Waals surface area contributed by atoms with E-state index < -0.39 is 17.8 Å². The molecule has 0 aliphatic carbocycles. The molecule has 1 aromatic rings. The highest BCUT2D eigenvalue weighted by molar-refractivity contribution is 5.85. The fraction of sp³-hybridized carbons (Fsp3) is 0.462. The molecule has 0 aromatic heterocycles. The van der Waals surface area contributed by atoms with Crippen molar-refractivity contribution in [1.29, 1.82) is 5.26 Å².